The maximum absolute atomic E-state index is 12.9. The Labute approximate surface area is 149 Å². The van der Waals surface area contributed by atoms with E-state index in [1.165, 1.54) is 24.3 Å². The van der Waals surface area contributed by atoms with Gasteiger partial charge in [-0.3, -0.25) is 4.79 Å². The Hall–Kier alpha value is -2.34. The number of hydrogen-bond acceptors (Lipinski definition) is 4. The van der Waals surface area contributed by atoms with Crippen molar-refractivity contribution in [1.29, 1.82) is 0 Å². The summed E-state index contributed by atoms with van der Waals surface area (Å²) in [4.78, 5) is 19.8. The van der Waals surface area contributed by atoms with Gasteiger partial charge in [-0.05, 0) is 49.7 Å². The van der Waals surface area contributed by atoms with E-state index in [1.807, 2.05) is 25.1 Å². The van der Waals surface area contributed by atoms with Gasteiger partial charge < -0.3 is 9.72 Å². The van der Waals surface area contributed by atoms with E-state index in [0.29, 0.717) is 18.6 Å². The standard InChI is InChI=1S/C19H19FN2O2S/c1-2-24-15-9-10-16-17(12-15)22-19(21-16)25-11-3-4-18(23)13-5-7-14(20)8-6-13/h5-10,12H,2-4,11H2,1H3,(H,21,22). The van der Waals surface area contributed by atoms with Gasteiger partial charge in [0.25, 0.3) is 0 Å². The van der Waals surface area contributed by atoms with E-state index in [4.69, 9.17) is 4.74 Å². The third kappa shape index (κ3) is 4.60. The molecule has 0 radical (unpaired) electrons. The summed E-state index contributed by atoms with van der Waals surface area (Å²) in [6.45, 7) is 2.58. The fraction of sp³-hybridized carbons (Fsp3) is 0.263. The lowest BCUT2D eigenvalue weighted by atomic mass is 10.1. The number of benzene rings is 2. The topological polar surface area (TPSA) is 55.0 Å². The predicted molar refractivity (Wildman–Crippen MR) is 98.0 cm³/mol. The second-order valence-electron chi connectivity index (χ2n) is 5.54. The van der Waals surface area contributed by atoms with Crippen molar-refractivity contribution in [3.8, 4) is 5.75 Å². The molecule has 1 heterocycles. The van der Waals surface area contributed by atoms with E-state index in [-0.39, 0.29) is 11.6 Å². The fourth-order valence-corrected chi connectivity index (χ4v) is 3.30. The summed E-state index contributed by atoms with van der Waals surface area (Å²) in [6.07, 6.45) is 1.18. The Kier molecular flexibility index (Phi) is 5.71. The number of H-pyrrole nitrogens is 1. The molecule has 3 aromatic rings. The Morgan fingerprint density at radius 2 is 2.04 bits per heavy atom. The average molecular weight is 358 g/mol. The van der Waals surface area contributed by atoms with Gasteiger partial charge in [0.1, 0.15) is 11.6 Å². The number of aromatic amines is 1. The SMILES string of the molecule is CCOc1ccc2nc(SCCCC(=O)c3ccc(F)cc3)[nH]c2c1. The Morgan fingerprint density at radius 1 is 1.24 bits per heavy atom. The first-order chi connectivity index (χ1) is 12.2. The van der Waals surface area contributed by atoms with Gasteiger partial charge in [0.15, 0.2) is 10.9 Å². The first-order valence-corrected chi connectivity index (χ1v) is 9.18. The van der Waals surface area contributed by atoms with E-state index in [0.717, 1.165) is 34.1 Å². The maximum atomic E-state index is 12.9. The number of ether oxygens (including phenoxy) is 1. The molecule has 6 heteroatoms. The summed E-state index contributed by atoms with van der Waals surface area (Å²) >= 11 is 1.59. The molecule has 130 valence electrons. The number of nitrogens with one attached hydrogen (secondary N) is 1. The van der Waals surface area contributed by atoms with Crippen molar-refractivity contribution >= 4 is 28.6 Å². The number of halogens is 1. The lowest BCUT2D eigenvalue weighted by molar-refractivity contribution is 0.0982. The van der Waals surface area contributed by atoms with Crippen molar-refractivity contribution in [2.24, 2.45) is 0 Å². The smallest absolute Gasteiger partial charge is 0.166 e. The van der Waals surface area contributed by atoms with Crippen LogP contribution in [0.15, 0.2) is 47.6 Å². The van der Waals surface area contributed by atoms with E-state index >= 15 is 0 Å². The summed E-state index contributed by atoms with van der Waals surface area (Å²) in [5.74, 6) is 1.31. The van der Waals surface area contributed by atoms with E-state index < -0.39 is 0 Å². The first-order valence-electron chi connectivity index (χ1n) is 8.20. The van der Waals surface area contributed by atoms with Crippen LogP contribution in [0.5, 0.6) is 5.75 Å². The summed E-state index contributed by atoms with van der Waals surface area (Å²) in [6, 6.07) is 11.5. The van der Waals surface area contributed by atoms with Gasteiger partial charge >= 0.3 is 0 Å². The predicted octanol–water partition coefficient (Wildman–Crippen LogP) is 4.86. The number of carbonyl (C=O) groups excluding carboxylic acids is 1. The van der Waals surface area contributed by atoms with Crippen LogP contribution in [0.4, 0.5) is 4.39 Å². The number of rotatable bonds is 8. The molecule has 3 rings (SSSR count). The molecular formula is C19H19FN2O2S. The highest BCUT2D eigenvalue weighted by atomic mass is 32.2. The zero-order chi connectivity index (χ0) is 17.6. The van der Waals surface area contributed by atoms with Crippen molar-refractivity contribution in [1.82, 2.24) is 9.97 Å². The molecule has 0 saturated heterocycles. The molecule has 0 atom stereocenters. The molecule has 0 spiro atoms. The van der Waals surface area contributed by atoms with Crippen molar-refractivity contribution in [3.63, 3.8) is 0 Å². The number of carbonyl (C=O) groups is 1. The van der Waals surface area contributed by atoms with Crippen molar-refractivity contribution in [2.75, 3.05) is 12.4 Å². The third-order valence-electron chi connectivity index (χ3n) is 3.70. The zero-order valence-electron chi connectivity index (χ0n) is 13.9. The highest BCUT2D eigenvalue weighted by molar-refractivity contribution is 7.99. The zero-order valence-corrected chi connectivity index (χ0v) is 14.7. The van der Waals surface area contributed by atoms with Crippen LogP contribution in [0, 0.1) is 5.82 Å². The first kappa shape index (κ1) is 17.5. The molecule has 0 unspecified atom stereocenters. The van der Waals surface area contributed by atoms with E-state index in [1.54, 1.807) is 11.8 Å². The van der Waals surface area contributed by atoms with Crippen LogP contribution in [0.25, 0.3) is 11.0 Å². The van der Waals surface area contributed by atoms with Crippen LogP contribution in [0.3, 0.4) is 0 Å². The molecular weight excluding hydrogens is 339 g/mol. The van der Waals surface area contributed by atoms with Crippen molar-refractivity contribution in [2.45, 2.75) is 24.9 Å². The minimum Gasteiger partial charge on any atom is -0.494 e. The summed E-state index contributed by atoms with van der Waals surface area (Å²) < 4.78 is 18.3. The molecule has 0 bridgehead atoms. The van der Waals surface area contributed by atoms with Gasteiger partial charge in [-0.1, -0.05) is 11.8 Å². The van der Waals surface area contributed by atoms with Crippen LogP contribution in [-0.2, 0) is 0 Å². The van der Waals surface area contributed by atoms with E-state index in [2.05, 4.69) is 9.97 Å². The van der Waals surface area contributed by atoms with Gasteiger partial charge in [-0.25, -0.2) is 9.37 Å². The number of imidazole rings is 1. The highest BCUT2D eigenvalue weighted by Gasteiger charge is 2.08. The monoisotopic (exact) mass is 358 g/mol. The van der Waals surface area contributed by atoms with Crippen LogP contribution in [0.1, 0.15) is 30.1 Å². The quantitative estimate of drug-likeness (QED) is 0.355. The summed E-state index contributed by atoms with van der Waals surface area (Å²) in [5.41, 5.74) is 2.39. The Bertz CT molecular complexity index is 861. The van der Waals surface area contributed by atoms with Gasteiger partial charge in [0.2, 0.25) is 0 Å². The minimum atomic E-state index is -0.329. The lowest BCUT2D eigenvalue weighted by Gasteiger charge is -2.01. The molecule has 1 aromatic heterocycles. The normalized spacial score (nSPS) is 11.0. The molecule has 2 aromatic carbocycles. The largest absolute Gasteiger partial charge is 0.494 e. The molecule has 0 aliphatic heterocycles. The number of Topliss-reactive ketones (excluding diaryl/α,β-unsaturated/α-hetero) is 1. The Balaban J connectivity index is 1.51. The summed E-state index contributed by atoms with van der Waals surface area (Å²) in [7, 11) is 0. The van der Waals surface area contributed by atoms with Gasteiger partial charge in [-0.2, -0.15) is 0 Å². The lowest BCUT2D eigenvalue weighted by Crippen LogP contribution is -1.99. The number of nitrogens with zero attached hydrogens (tertiary/aromatic N) is 1. The van der Waals surface area contributed by atoms with Crippen LogP contribution in [0.2, 0.25) is 0 Å². The van der Waals surface area contributed by atoms with Crippen LogP contribution < -0.4 is 4.74 Å². The third-order valence-corrected chi connectivity index (χ3v) is 4.66. The second-order valence-corrected chi connectivity index (χ2v) is 6.62. The van der Waals surface area contributed by atoms with Gasteiger partial charge in [0.05, 0.1) is 17.6 Å². The minimum absolute atomic E-state index is 0.0339. The molecule has 1 N–H and O–H groups in total. The molecule has 0 aliphatic rings. The fourth-order valence-electron chi connectivity index (χ4n) is 2.47. The van der Waals surface area contributed by atoms with E-state index in [9.17, 15) is 9.18 Å². The Morgan fingerprint density at radius 3 is 2.80 bits per heavy atom. The molecule has 0 fully saturated rings. The molecule has 4 nitrogen and oxygen atoms in total. The average Bonchev–Trinajstić information content (AvgIpc) is 3.01. The molecule has 25 heavy (non-hydrogen) atoms. The number of thioether (sulfide) groups is 1. The van der Waals surface area contributed by atoms with Gasteiger partial charge in [0, 0.05) is 23.8 Å². The molecule has 0 aliphatic carbocycles. The molecule has 0 saturated carbocycles. The number of aromatic nitrogens is 2. The highest BCUT2D eigenvalue weighted by Crippen LogP contribution is 2.24. The van der Waals surface area contributed by atoms with Crippen LogP contribution in [-0.4, -0.2) is 28.1 Å². The van der Waals surface area contributed by atoms with Crippen molar-refractivity contribution in [3.05, 3.63) is 53.8 Å². The molecule has 0 amide bonds. The van der Waals surface area contributed by atoms with Crippen molar-refractivity contribution < 1.29 is 13.9 Å². The maximum Gasteiger partial charge on any atom is 0.166 e. The second kappa shape index (κ2) is 8.16. The number of ketones is 1. The van der Waals surface area contributed by atoms with Crippen LogP contribution >= 0.6 is 11.8 Å². The van der Waals surface area contributed by atoms with Gasteiger partial charge in [-0.15, -0.1) is 0 Å². The number of hydrogen-bond donors (Lipinski definition) is 1. The summed E-state index contributed by atoms with van der Waals surface area (Å²) in [5, 5.41) is 0.831. The number of fused-ring (bicyclic) bond motifs is 1.